The Hall–Kier alpha value is -6.39. The number of ketones is 1. The van der Waals surface area contributed by atoms with Crippen LogP contribution in [0.3, 0.4) is 0 Å². The molecule has 0 unspecified atom stereocenters. The molecule has 0 spiro atoms. The molecule has 17 nitrogen and oxygen atoms in total. The van der Waals surface area contributed by atoms with Crippen LogP contribution in [0, 0.1) is 22.7 Å². The van der Waals surface area contributed by atoms with E-state index in [9.17, 15) is 39.3 Å². The lowest BCUT2D eigenvalue weighted by Crippen LogP contribution is -2.78. The van der Waals surface area contributed by atoms with Gasteiger partial charge in [0.1, 0.15) is 23.4 Å². The second-order valence-corrected chi connectivity index (χ2v) is 18.2. The Bertz CT molecular complexity index is 2470. The van der Waals surface area contributed by atoms with Crippen molar-refractivity contribution in [1.29, 1.82) is 0 Å². The van der Waals surface area contributed by atoms with Crippen molar-refractivity contribution >= 4 is 41.3 Å². The summed E-state index contributed by atoms with van der Waals surface area (Å²) in [6, 6.07) is 20.2. The number of carbonyl (C=O) groups excluding carboxylic acids is 6. The van der Waals surface area contributed by atoms with E-state index in [0.717, 1.165) is 6.92 Å². The van der Waals surface area contributed by atoms with Crippen LogP contribution in [-0.4, -0.2) is 92.6 Å². The molecular formula is C48H52N4O13. The molecule has 3 saturated carbocycles. The van der Waals surface area contributed by atoms with Crippen LogP contribution in [0.2, 0.25) is 0 Å². The molecule has 0 heterocycles. The highest BCUT2D eigenvalue weighted by molar-refractivity contribution is 5.96. The number of aliphatic hydroxyl groups excluding tert-OH is 2. The van der Waals surface area contributed by atoms with E-state index < -0.39 is 112 Å². The summed E-state index contributed by atoms with van der Waals surface area (Å²) in [5, 5.41) is 44.0. The van der Waals surface area contributed by atoms with E-state index in [2.05, 4.69) is 15.3 Å². The van der Waals surface area contributed by atoms with E-state index in [0.29, 0.717) is 6.42 Å². The van der Waals surface area contributed by atoms with Gasteiger partial charge in [-0.1, -0.05) is 79.6 Å². The number of carbonyl (C=O) groups is 6. The Kier molecular flexibility index (Phi) is 12.6. The lowest BCUT2D eigenvalue weighted by Gasteiger charge is -2.68. The lowest BCUT2D eigenvalue weighted by molar-refractivity contribution is -0.296. The first kappa shape index (κ1) is 46.6. The van der Waals surface area contributed by atoms with E-state index in [1.165, 1.54) is 69.3 Å². The van der Waals surface area contributed by atoms with Crippen molar-refractivity contribution in [2.24, 2.45) is 27.8 Å². The maximum Gasteiger partial charge on any atom is 0.338 e. The number of hydrogen-bond acceptors (Lipinski definition) is 14. The number of benzene rings is 3. The minimum atomic E-state index is -2.38. The Morgan fingerprint density at radius 3 is 2.05 bits per heavy atom. The van der Waals surface area contributed by atoms with Crippen molar-refractivity contribution in [3.05, 3.63) is 123 Å². The Morgan fingerprint density at radius 1 is 0.877 bits per heavy atom. The molecule has 3 fully saturated rings. The first-order valence-electron chi connectivity index (χ1n) is 21.4. The van der Waals surface area contributed by atoms with Gasteiger partial charge in [-0.3, -0.25) is 19.2 Å². The monoisotopic (exact) mass is 892 g/mol. The Labute approximate surface area is 374 Å². The van der Waals surface area contributed by atoms with Gasteiger partial charge in [0, 0.05) is 47.8 Å². The number of aliphatic hydroxyl groups is 3. The fourth-order valence-corrected chi connectivity index (χ4v) is 10.9. The molecule has 3 aromatic rings. The summed E-state index contributed by atoms with van der Waals surface area (Å²) in [6.45, 7) is 8.37. The van der Waals surface area contributed by atoms with E-state index >= 15 is 4.79 Å². The molecule has 4 aliphatic rings. The van der Waals surface area contributed by atoms with Crippen LogP contribution in [0.5, 0.6) is 0 Å². The van der Waals surface area contributed by atoms with Crippen molar-refractivity contribution in [2.75, 3.05) is 0 Å². The molecule has 4 N–H and O–H groups in total. The fraction of sp³-hybridized carbons (Fsp3) is 0.458. The number of hydrogen-bond donors (Lipinski definition) is 4. The quantitative estimate of drug-likeness (QED) is 0.0451. The van der Waals surface area contributed by atoms with Crippen molar-refractivity contribution in [3.63, 3.8) is 0 Å². The van der Waals surface area contributed by atoms with E-state index in [4.69, 9.17) is 24.5 Å². The molecule has 0 aromatic heterocycles. The molecule has 2 bridgehead atoms. The van der Waals surface area contributed by atoms with Gasteiger partial charge in [0.05, 0.1) is 29.0 Å². The maximum absolute atomic E-state index is 15.6. The zero-order chi connectivity index (χ0) is 47.2. The van der Waals surface area contributed by atoms with Gasteiger partial charge in [0.2, 0.25) is 0 Å². The van der Waals surface area contributed by atoms with Crippen molar-refractivity contribution < 1.29 is 63.0 Å². The van der Waals surface area contributed by atoms with Gasteiger partial charge < -0.3 is 39.6 Å². The second-order valence-electron chi connectivity index (χ2n) is 18.2. The zero-order valence-corrected chi connectivity index (χ0v) is 36.8. The molecule has 342 valence electrons. The highest BCUT2D eigenvalue weighted by Crippen LogP contribution is 2.67. The predicted octanol–water partition coefficient (Wildman–Crippen LogP) is 5.69. The van der Waals surface area contributed by atoms with Gasteiger partial charge >= 0.3 is 23.9 Å². The molecule has 1 amide bonds. The van der Waals surface area contributed by atoms with Crippen molar-refractivity contribution in [3.8, 4) is 0 Å². The largest absolute Gasteiger partial charge is 0.458 e. The molecule has 17 heteroatoms. The van der Waals surface area contributed by atoms with E-state index in [-0.39, 0.29) is 46.4 Å². The van der Waals surface area contributed by atoms with Gasteiger partial charge in [-0.2, -0.15) is 0 Å². The molecule has 3 aromatic carbocycles. The number of esters is 4. The smallest absolute Gasteiger partial charge is 0.338 e. The topological polar surface area (TPSA) is 261 Å². The number of ether oxygens (including phenoxy) is 4. The summed E-state index contributed by atoms with van der Waals surface area (Å²) < 4.78 is 24.6. The van der Waals surface area contributed by atoms with Gasteiger partial charge in [-0.05, 0) is 79.6 Å². The number of fused-ring (bicyclic) bond motifs is 5. The van der Waals surface area contributed by atoms with Crippen LogP contribution >= 0.6 is 0 Å². The normalized spacial score (nSPS) is 30.8. The van der Waals surface area contributed by atoms with Crippen molar-refractivity contribution in [1.82, 2.24) is 5.32 Å². The average Bonchev–Trinajstić information content (AvgIpc) is 3.27. The third-order valence-electron chi connectivity index (χ3n) is 14.3. The van der Waals surface area contributed by atoms with Gasteiger partial charge in [-0.15, -0.1) is 0 Å². The second kappa shape index (κ2) is 17.5. The molecular weight excluding hydrogens is 841 g/mol. The van der Waals surface area contributed by atoms with Crippen molar-refractivity contribution in [2.45, 2.75) is 115 Å². The third-order valence-corrected chi connectivity index (χ3v) is 14.3. The summed E-state index contributed by atoms with van der Waals surface area (Å²) in [7, 11) is 0. The molecule has 0 aliphatic heterocycles. The average molecular weight is 893 g/mol. The molecule has 11 atom stereocenters. The van der Waals surface area contributed by atoms with Gasteiger partial charge in [0.15, 0.2) is 18.0 Å². The number of rotatable bonds is 11. The number of Topliss-reactive ketones (excluding diaryl/α,β-unsaturated/α-hetero) is 1. The maximum atomic E-state index is 15.6. The number of nitrogens with zero attached hydrogens (tertiary/aromatic N) is 3. The third kappa shape index (κ3) is 7.96. The molecule has 65 heavy (non-hydrogen) atoms. The Morgan fingerprint density at radius 2 is 1.49 bits per heavy atom. The van der Waals surface area contributed by atoms with Crippen LogP contribution in [0.1, 0.15) is 99.5 Å². The standard InChI is InChI=1S/C48H52N4O13/c1-25-33(63-44(60)37(56)36(28-17-19-32(20-18-28)51-52-49)50-42(58)29-13-9-7-10-14-29)24-48(61)41(64-43(59)30-15-11-8-12-16-30)39-46(6,34(55)23-31-21-22-47(31,39)65-27(3)54)40(57)38(62-26(2)53)35(25)45(48,4)5/h7-20,31,33-34,36-39,41,55-56,61H,21-24H2,1-6H3,(H,50,58)/t31-,33+,34+,36+,37-,38-,39+,41+,46-,47+,48-/m1/s1. The Balaban J connectivity index is 1.38. The fourth-order valence-electron chi connectivity index (χ4n) is 10.9. The first-order chi connectivity index (χ1) is 30.7. The molecule has 0 radical (unpaired) electrons. The van der Waals surface area contributed by atoms with Crippen LogP contribution in [-0.2, 0) is 38.1 Å². The summed E-state index contributed by atoms with van der Waals surface area (Å²) in [5.41, 5.74) is 2.19. The zero-order valence-electron chi connectivity index (χ0n) is 36.8. The number of amides is 1. The molecule has 4 aliphatic carbocycles. The van der Waals surface area contributed by atoms with E-state index in [1.807, 2.05) is 0 Å². The minimum absolute atomic E-state index is 0.00756. The number of nitrogens with one attached hydrogen (secondary N) is 1. The predicted molar refractivity (Wildman–Crippen MR) is 229 cm³/mol. The summed E-state index contributed by atoms with van der Waals surface area (Å²) in [6.07, 6.45) is -8.65. The first-order valence-corrected chi connectivity index (χ1v) is 21.4. The highest BCUT2D eigenvalue weighted by Gasteiger charge is 2.77. The minimum Gasteiger partial charge on any atom is -0.458 e. The number of azide groups is 1. The summed E-state index contributed by atoms with van der Waals surface area (Å²) >= 11 is 0. The van der Waals surface area contributed by atoms with Gasteiger partial charge in [0.25, 0.3) is 5.91 Å². The lowest BCUT2D eigenvalue weighted by atomic mass is 9.41. The highest BCUT2D eigenvalue weighted by atomic mass is 16.6. The van der Waals surface area contributed by atoms with Crippen LogP contribution in [0.15, 0.2) is 101 Å². The van der Waals surface area contributed by atoms with Gasteiger partial charge in [-0.25, -0.2) is 9.59 Å². The van der Waals surface area contributed by atoms with Crippen LogP contribution < -0.4 is 5.32 Å². The van der Waals surface area contributed by atoms with Crippen LogP contribution in [0.4, 0.5) is 5.69 Å². The summed E-state index contributed by atoms with van der Waals surface area (Å²) in [4.78, 5) is 86.7. The molecule has 0 saturated heterocycles. The molecule has 7 rings (SSSR count). The van der Waals surface area contributed by atoms with E-state index in [1.54, 1.807) is 50.2 Å². The van der Waals surface area contributed by atoms with Crippen LogP contribution in [0.25, 0.3) is 10.4 Å². The SMILES string of the molecule is CC(=O)O[C@H]1C(=O)[C@@]2(C)[C@H]([C@H](OC(=O)c3ccccc3)[C@]3(O)C[C@H](OC(=O)[C@H](O)[C@@H](NC(=O)c4ccccc4)c4ccc(N=[N+]=[N-])cc4)C(C)=C1C3(C)C)[C@]1(OC(C)=O)CC[C@@H]1C[C@@H]2O. The summed E-state index contributed by atoms with van der Waals surface area (Å²) in [5.74, 6) is -7.31.